The average Bonchev–Trinajstić information content (AvgIpc) is 2.89. The minimum atomic E-state index is -3.59. The number of hydrogen-bond acceptors (Lipinski definition) is 4. The summed E-state index contributed by atoms with van der Waals surface area (Å²) in [6, 6.07) is 6.44. The van der Waals surface area contributed by atoms with Gasteiger partial charge in [-0.25, -0.2) is 13.1 Å². The Labute approximate surface area is 111 Å². The van der Waals surface area contributed by atoms with Gasteiger partial charge in [-0.3, -0.25) is 5.10 Å². The third-order valence-corrected chi connectivity index (χ3v) is 4.18. The molecule has 0 amide bonds. The molecule has 0 fully saturated rings. The summed E-state index contributed by atoms with van der Waals surface area (Å²) in [5.41, 5.74) is 1.72. The first-order chi connectivity index (χ1) is 9.03. The number of hydrogen-bond donors (Lipinski definition) is 2. The van der Waals surface area contributed by atoms with E-state index in [4.69, 9.17) is 5.26 Å². The number of rotatable bonds is 4. The van der Waals surface area contributed by atoms with Gasteiger partial charge in [-0.05, 0) is 30.7 Å². The second-order valence-corrected chi connectivity index (χ2v) is 5.76. The Morgan fingerprint density at radius 2 is 2.26 bits per heavy atom. The molecule has 0 aliphatic carbocycles. The molecule has 0 aliphatic heterocycles. The number of nitrogens with one attached hydrogen (secondary N) is 2. The lowest BCUT2D eigenvalue weighted by molar-refractivity contribution is 0.580. The van der Waals surface area contributed by atoms with Gasteiger partial charge in [-0.1, -0.05) is 0 Å². The van der Waals surface area contributed by atoms with Crippen LogP contribution in [0, 0.1) is 18.3 Å². The van der Waals surface area contributed by atoms with Crippen LogP contribution in [0.5, 0.6) is 0 Å². The van der Waals surface area contributed by atoms with E-state index in [1.54, 1.807) is 25.4 Å². The van der Waals surface area contributed by atoms with Crippen LogP contribution in [0.3, 0.4) is 0 Å². The van der Waals surface area contributed by atoms with E-state index in [9.17, 15) is 8.42 Å². The van der Waals surface area contributed by atoms with Crippen molar-refractivity contribution in [3.63, 3.8) is 0 Å². The smallest absolute Gasteiger partial charge is 0.241 e. The van der Waals surface area contributed by atoms with E-state index in [0.717, 1.165) is 5.56 Å². The molecule has 2 N–H and O–H groups in total. The minimum absolute atomic E-state index is 0.165. The minimum Gasteiger partial charge on any atom is -0.285 e. The second kappa shape index (κ2) is 5.22. The van der Waals surface area contributed by atoms with Gasteiger partial charge in [0.1, 0.15) is 0 Å². The quantitative estimate of drug-likeness (QED) is 0.872. The Kier molecular flexibility index (Phi) is 3.64. The molecule has 2 aromatic rings. The first-order valence-electron chi connectivity index (χ1n) is 5.51. The molecule has 0 saturated heterocycles. The number of nitriles is 1. The number of aromatic amines is 1. The van der Waals surface area contributed by atoms with Crippen LogP contribution in [0.1, 0.15) is 16.7 Å². The van der Waals surface area contributed by atoms with E-state index >= 15 is 0 Å². The molecule has 0 unspecified atom stereocenters. The molecule has 0 atom stereocenters. The van der Waals surface area contributed by atoms with Crippen LogP contribution in [-0.4, -0.2) is 18.6 Å². The van der Waals surface area contributed by atoms with Crippen molar-refractivity contribution < 1.29 is 8.42 Å². The fraction of sp³-hybridized carbons (Fsp3) is 0.167. The summed E-state index contributed by atoms with van der Waals surface area (Å²) < 4.78 is 26.7. The van der Waals surface area contributed by atoms with Crippen LogP contribution in [-0.2, 0) is 16.6 Å². The zero-order valence-corrected chi connectivity index (χ0v) is 11.0. The average molecular weight is 276 g/mol. The maximum absolute atomic E-state index is 12.1. The standard InChI is InChI=1S/C12H12N4O2S/c1-9-4-10(5-13)2-3-12(9)19(17,18)16-8-11-6-14-15-7-11/h2-4,6-7,16H,8H2,1H3,(H,14,15). The van der Waals surface area contributed by atoms with Gasteiger partial charge in [0.15, 0.2) is 0 Å². The van der Waals surface area contributed by atoms with Crippen LogP contribution >= 0.6 is 0 Å². The van der Waals surface area contributed by atoms with Gasteiger partial charge >= 0.3 is 0 Å². The van der Waals surface area contributed by atoms with Crippen molar-refractivity contribution in [2.75, 3.05) is 0 Å². The van der Waals surface area contributed by atoms with Gasteiger partial charge in [0.25, 0.3) is 0 Å². The lowest BCUT2D eigenvalue weighted by Gasteiger charge is -2.08. The molecule has 7 heteroatoms. The van der Waals surface area contributed by atoms with E-state index in [1.165, 1.54) is 12.1 Å². The Hall–Kier alpha value is -2.17. The molecule has 0 aliphatic rings. The molecule has 0 bridgehead atoms. The van der Waals surface area contributed by atoms with Crippen molar-refractivity contribution in [3.8, 4) is 6.07 Å². The molecule has 1 heterocycles. The topological polar surface area (TPSA) is 98.6 Å². The molecule has 19 heavy (non-hydrogen) atoms. The Morgan fingerprint density at radius 1 is 1.47 bits per heavy atom. The van der Waals surface area contributed by atoms with Crippen LogP contribution in [0.2, 0.25) is 0 Å². The molecule has 0 saturated carbocycles. The van der Waals surface area contributed by atoms with E-state index in [-0.39, 0.29) is 11.4 Å². The maximum Gasteiger partial charge on any atom is 0.241 e. The zero-order chi connectivity index (χ0) is 13.9. The van der Waals surface area contributed by atoms with E-state index in [2.05, 4.69) is 14.9 Å². The van der Waals surface area contributed by atoms with Crippen molar-refractivity contribution in [3.05, 3.63) is 47.3 Å². The predicted molar refractivity (Wildman–Crippen MR) is 68.5 cm³/mol. The third-order valence-electron chi connectivity index (χ3n) is 2.61. The summed E-state index contributed by atoms with van der Waals surface area (Å²) in [6.45, 7) is 1.82. The number of aryl methyl sites for hydroxylation is 1. The fourth-order valence-corrected chi connectivity index (χ4v) is 2.89. The van der Waals surface area contributed by atoms with Gasteiger partial charge in [-0.15, -0.1) is 0 Å². The highest BCUT2D eigenvalue weighted by molar-refractivity contribution is 7.89. The molecule has 0 spiro atoms. The lowest BCUT2D eigenvalue weighted by atomic mass is 10.2. The van der Waals surface area contributed by atoms with Crippen molar-refractivity contribution in [1.82, 2.24) is 14.9 Å². The van der Waals surface area contributed by atoms with Crippen LogP contribution in [0.15, 0.2) is 35.5 Å². The van der Waals surface area contributed by atoms with Crippen molar-refractivity contribution in [2.24, 2.45) is 0 Å². The molecule has 98 valence electrons. The van der Waals surface area contributed by atoms with E-state index in [1.807, 2.05) is 6.07 Å². The Balaban J connectivity index is 2.22. The molecule has 1 aromatic carbocycles. The van der Waals surface area contributed by atoms with Crippen LogP contribution in [0.25, 0.3) is 0 Å². The molecular weight excluding hydrogens is 264 g/mol. The molecular formula is C12H12N4O2S. The zero-order valence-electron chi connectivity index (χ0n) is 10.2. The summed E-state index contributed by atoms with van der Waals surface area (Å²) in [4.78, 5) is 0.176. The van der Waals surface area contributed by atoms with E-state index in [0.29, 0.717) is 11.1 Å². The van der Waals surface area contributed by atoms with Crippen molar-refractivity contribution in [1.29, 1.82) is 5.26 Å². The summed E-state index contributed by atoms with van der Waals surface area (Å²) in [7, 11) is -3.59. The molecule has 1 aromatic heterocycles. The Bertz CT molecular complexity index is 715. The Morgan fingerprint density at radius 3 is 2.84 bits per heavy atom. The van der Waals surface area contributed by atoms with Crippen molar-refractivity contribution in [2.45, 2.75) is 18.4 Å². The first-order valence-corrected chi connectivity index (χ1v) is 6.99. The lowest BCUT2D eigenvalue weighted by Crippen LogP contribution is -2.23. The highest BCUT2D eigenvalue weighted by atomic mass is 32.2. The number of H-pyrrole nitrogens is 1. The third kappa shape index (κ3) is 2.99. The summed E-state index contributed by atoms with van der Waals surface area (Å²) in [5.74, 6) is 0. The van der Waals surface area contributed by atoms with Crippen LogP contribution < -0.4 is 4.72 Å². The summed E-state index contributed by atoms with van der Waals surface area (Å²) in [6.07, 6.45) is 3.17. The first kappa shape index (κ1) is 13.3. The SMILES string of the molecule is Cc1cc(C#N)ccc1S(=O)(=O)NCc1cn[nH]c1. The van der Waals surface area contributed by atoms with Gasteiger partial charge in [0.05, 0.1) is 22.7 Å². The van der Waals surface area contributed by atoms with E-state index < -0.39 is 10.0 Å². The number of benzene rings is 1. The van der Waals surface area contributed by atoms with Crippen LogP contribution in [0.4, 0.5) is 0 Å². The van der Waals surface area contributed by atoms with Gasteiger partial charge in [-0.2, -0.15) is 10.4 Å². The maximum atomic E-state index is 12.1. The monoisotopic (exact) mass is 276 g/mol. The molecule has 0 radical (unpaired) electrons. The second-order valence-electron chi connectivity index (χ2n) is 4.02. The highest BCUT2D eigenvalue weighted by Gasteiger charge is 2.16. The summed E-state index contributed by atoms with van der Waals surface area (Å²) in [5, 5.41) is 15.1. The fourth-order valence-electron chi connectivity index (χ4n) is 1.65. The largest absolute Gasteiger partial charge is 0.285 e. The number of aromatic nitrogens is 2. The van der Waals surface area contributed by atoms with Gasteiger partial charge < -0.3 is 0 Å². The number of sulfonamides is 1. The number of nitrogens with zero attached hydrogens (tertiary/aromatic N) is 2. The normalized spacial score (nSPS) is 11.2. The molecule has 2 rings (SSSR count). The van der Waals surface area contributed by atoms with Gasteiger partial charge in [0.2, 0.25) is 10.0 Å². The molecule has 6 nitrogen and oxygen atoms in total. The highest BCUT2D eigenvalue weighted by Crippen LogP contribution is 2.16. The van der Waals surface area contributed by atoms with Gasteiger partial charge in [0, 0.05) is 18.3 Å². The summed E-state index contributed by atoms with van der Waals surface area (Å²) >= 11 is 0. The predicted octanol–water partition coefficient (Wildman–Crippen LogP) is 1.07. The van der Waals surface area contributed by atoms with Crippen molar-refractivity contribution >= 4 is 10.0 Å².